The van der Waals surface area contributed by atoms with Crippen molar-refractivity contribution in [2.45, 2.75) is 13.8 Å². The van der Waals surface area contributed by atoms with Crippen molar-refractivity contribution in [2.75, 3.05) is 13.1 Å². The van der Waals surface area contributed by atoms with E-state index in [0.29, 0.717) is 17.2 Å². The van der Waals surface area contributed by atoms with Gasteiger partial charge in [0.05, 0.1) is 5.56 Å². The summed E-state index contributed by atoms with van der Waals surface area (Å²) in [6.45, 7) is 9.47. The molecule has 3 N–H and O–H groups in total. The number of carbonyl (C=O) groups excluding carboxylic acids is 1. The summed E-state index contributed by atoms with van der Waals surface area (Å²) in [4.78, 5) is 15.0. The van der Waals surface area contributed by atoms with Crippen LogP contribution in [-0.4, -0.2) is 24.0 Å². The number of allylic oxidation sites excluding steroid dienone is 2. The van der Waals surface area contributed by atoms with E-state index in [1.807, 2.05) is 32.1 Å². The van der Waals surface area contributed by atoms with Gasteiger partial charge in [-0.1, -0.05) is 19.6 Å². The van der Waals surface area contributed by atoms with Gasteiger partial charge in [-0.3, -0.25) is 4.79 Å². The molecule has 21 heavy (non-hydrogen) atoms. The van der Waals surface area contributed by atoms with E-state index in [1.165, 1.54) is 6.20 Å². The minimum Gasteiger partial charge on any atom is -0.439 e. The lowest BCUT2D eigenvalue weighted by Crippen LogP contribution is -2.14. The van der Waals surface area contributed by atoms with Gasteiger partial charge in [0.1, 0.15) is 5.76 Å². The number of rotatable bonds is 8. The van der Waals surface area contributed by atoms with E-state index in [4.69, 9.17) is 10.5 Å². The molecule has 0 spiro atoms. The van der Waals surface area contributed by atoms with E-state index in [-0.39, 0.29) is 0 Å². The standard InChI is InChI=1S/C16H21N3O2/c1-4-14(8-6-12(3)10-18-5-2)21-15-9-7-13(11-19-15)16(17)20/h4,6-9,11,18H,3,5,10H2,1-2H3,(H2,17,20)/b8-6-,14-4+. The summed E-state index contributed by atoms with van der Waals surface area (Å²) >= 11 is 0. The predicted molar refractivity (Wildman–Crippen MR) is 84.0 cm³/mol. The van der Waals surface area contributed by atoms with E-state index in [9.17, 15) is 4.79 Å². The number of carbonyl (C=O) groups is 1. The Balaban J connectivity index is 2.64. The topological polar surface area (TPSA) is 77.2 Å². The van der Waals surface area contributed by atoms with Crippen LogP contribution in [-0.2, 0) is 0 Å². The second-order valence-corrected chi connectivity index (χ2v) is 4.31. The van der Waals surface area contributed by atoms with E-state index in [2.05, 4.69) is 16.9 Å². The minimum atomic E-state index is -0.514. The zero-order chi connectivity index (χ0) is 15.7. The van der Waals surface area contributed by atoms with Crippen LogP contribution < -0.4 is 15.8 Å². The number of hydrogen-bond donors (Lipinski definition) is 2. The Labute approximate surface area is 125 Å². The van der Waals surface area contributed by atoms with Gasteiger partial charge in [-0.25, -0.2) is 4.98 Å². The molecule has 0 fully saturated rings. The second kappa shape index (κ2) is 8.71. The first-order chi connectivity index (χ1) is 10.1. The first-order valence-corrected chi connectivity index (χ1v) is 6.73. The van der Waals surface area contributed by atoms with E-state index < -0.39 is 5.91 Å². The van der Waals surface area contributed by atoms with E-state index in [0.717, 1.165) is 18.7 Å². The molecule has 5 heteroatoms. The highest BCUT2D eigenvalue weighted by molar-refractivity contribution is 5.92. The second-order valence-electron chi connectivity index (χ2n) is 4.31. The van der Waals surface area contributed by atoms with Crippen molar-refractivity contribution in [3.8, 4) is 5.88 Å². The molecule has 0 bridgehead atoms. The Kier molecular flexibility index (Phi) is 6.91. The molecule has 0 saturated carbocycles. The molecule has 1 aromatic heterocycles. The van der Waals surface area contributed by atoms with Crippen molar-refractivity contribution >= 4 is 5.91 Å². The van der Waals surface area contributed by atoms with Crippen molar-refractivity contribution < 1.29 is 9.53 Å². The summed E-state index contributed by atoms with van der Waals surface area (Å²) in [5, 5.41) is 3.19. The summed E-state index contributed by atoms with van der Waals surface area (Å²) in [7, 11) is 0. The fourth-order valence-electron chi connectivity index (χ4n) is 1.44. The summed E-state index contributed by atoms with van der Waals surface area (Å²) in [6.07, 6.45) is 6.92. The molecule has 112 valence electrons. The number of hydrogen-bond acceptors (Lipinski definition) is 4. The Morgan fingerprint density at radius 2 is 2.24 bits per heavy atom. The van der Waals surface area contributed by atoms with Gasteiger partial charge in [-0.2, -0.15) is 0 Å². The van der Waals surface area contributed by atoms with Gasteiger partial charge in [-0.15, -0.1) is 0 Å². The zero-order valence-electron chi connectivity index (χ0n) is 12.4. The molecule has 1 heterocycles. The summed E-state index contributed by atoms with van der Waals surface area (Å²) in [5.74, 6) is 0.530. The molecule has 0 saturated heterocycles. The summed E-state index contributed by atoms with van der Waals surface area (Å²) < 4.78 is 5.60. The van der Waals surface area contributed by atoms with Crippen LogP contribution in [0.5, 0.6) is 5.88 Å². The van der Waals surface area contributed by atoms with Crippen LogP contribution in [0.3, 0.4) is 0 Å². The third-order valence-corrected chi connectivity index (χ3v) is 2.61. The molecule has 1 aromatic rings. The fourth-order valence-corrected chi connectivity index (χ4v) is 1.44. The SMILES string of the molecule is C=C(/C=C\C(=C/C)Oc1ccc(C(N)=O)cn1)CNCC. The van der Waals surface area contributed by atoms with Crippen LogP contribution in [0.15, 0.2) is 54.5 Å². The van der Waals surface area contributed by atoms with Crippen molar-refractivity contribution in [1.82, 2.24) is 10.3 Å². The predicted octanol–water partition coefficient (Wildman–Crippen LogP) is 2.19. The quantitative estimate of drug-likeness (QED) is 0.567. The maximum absolute atomic E-state index is 11.0. The zero-order valence-corrected chi connectivity index (χ0v) is 12.4. The molecular formula is C16H21N3O2. The smallest absolute Gasteiger partial charge is 0.250 e. The number of aromatic nitrogens is 1. The molecule has 0 aromatic carbocycles. The third-order valence-electron chi connectivity index (χ3n) is 2.61. The normalized spacial score (nSPS) is 11.6. The Morgan fingerprint density at radius 1 is 1.48 bits per heavy atom. The third kappa shape index (κ3) is 6.05. The summed E-state index contributed by atoms with van der Waals surface area (Å²) in [5.41, 5.74) is 6.46. The number of amides is 1. The molecule has 5 nitrogen and oxygen atoms in total. The fraction of sp³-hybridized carbons (Fsp3) is 0.250. The molecule has 0 radical (unpaired) electrons. The van der Waals surface area contributed by atoms with Crippen molar-refractivity contribution in [3.63, 3.8) is 0 Å². The number of primary amides is 1. The van der Waals surface area contributed by atoms with Gasteiger partial charge in [0, 0.05) is 18.8 Å². The van der Waals surface area contributed by atoms with Crippen molar-refractivity contribution in [3.05, 3.63) is 60.0 Å². The van der Waals surface area contributed by atoms with Gasteiger partial charge in [0.25, 0.3) is 0 Å². The Bertz CT molecular complexity index is 545. The van der Waals surface area contributed by atoms with Gasteiger partial charge >= 0.3 is 0 Å². The average molecular weight is 287 g/mol. The molecule has 0 aliphatic heterocycles. The van der Waals surface area contributed by atoms with Gasteiger partial charge < -0.3 is 15.8 Å². The van der Waals surface area contributed by atoms with Gasteiger partial charge in [0.15, 0.2) is 0 Å². The largest absolute Gasteiger partial charge is 0.439 e. The van der Waals surface area contributed by atoms with Gasteiger partial charge in [0.2, 0.25) is 11.8 Å². The number of nitrogens with one attached hydrogen (secondary N) is 1. The summed E-state index contributed by atoms with van der Waals surface area (Å²) in [6, 6.07) is 3.18. The van der Waals surface area contributed by atoms with E-state index >= 15 is 0 Å². The highest BCUT2D eigenvalue weighted by Crippen LogP contribution is 2.12. The number of nitrogens with two attached hydrogens (primary N) is 1. The lowest BCUT2D eigenvalue weighted by Gasteiger charge is -2.06. The van der Waals surface area contributed by atoms with Crippen molar-refractivity contribution in [2.24, 2.45) is 5.73 Å². The molecule has 1 amide bonds. The highest BCUT2D eigenvalue weighted by atomic mass is 16.5. The number of nitrogens with zero attached hydrogens (tertiary/aromatic N) is 1. The number of likely N-dealkylation sites (N-methyl/N-ethyl adjacent to an activating group) is 1. The monoisotopic (exact) mass is 287 g/mol. The van der Waals surface area contributed by atoms with Crippen LogP contribution in [0, 0.1) is 0 Å². The molecule has 0 aliphatic rings. The maximum Gasteiger partial charge on any atom is 0.250 e. The maximum atomic E-state index is 11.0. The van der Waals surface area contributed by atoms with Gasteiger partial charge in [-0.05, 0) is 37.3 Å². The first-order valence-electron chi connectivity index (χ1n) is 6.73. The van der Waals surface area contributed by atoms with Crippen LogP contribution >= 0.6 is 0 Å². The Morgan fingerprint density at radius 3 is 2.76 bits per heavy atom. The molecular weight excluding hydrogens is 266 g/mol. The minimum absolute atomic E-state index is 0.346. The van der Waals surface area contributed by atoms with Crippen LogP contribution in [0.1, 0.15) is 24.2 Å². The number of ether oxygens (including phenoxy) is 1. The molecule has 0 unspecified atom stereocenters. The van der Waals surface area contributed by atoms with Crippen molar-refractivity contribution in [1.29, 1.82) is 0 Å². The molecule has 0 atom stereocenters. The lowest BCUT2D eigenvalue weighted by atomic mass is 10.2. The first kappa shape index (κ1) is 16.7. The van der Waals surface area contributed by atoms with Crippen LogP contribution in [0.2, 0.25) is 0 Å². The van der Waals surface area contributed by atoms with Crippen LogP contribution in [0.4, 0.5) is 0 Å². The average Bonchev–Trinajstić information content (AvgIpc) is 2.49. The highest BCUT2D eigenvalue weighted by Gasteiger charge is 2.02. The Hall–Kier alpha value is -2.40. The van der Waals surface area contributed by atoms with Crippen LogP contribution in [0.25, 0.3) is 0 Å². The molecule has 1 rings (SSSR count). The lowest BCUT2D eigenvalue weighted by molar-refractivity contribution is 0.1000. The molecule has 0 aliphatic carbocycles. The number of pyridine rings is 1. The van der Waals surface area contributed by atoms with E-state index in [1.54, 1.807) is 12.1 Å².